The summed E-state index contributed by atoms with van der Waals surface area (Å²) in [4.78, 5) is 7.18. The Kier molecular flexibility index (Phi) is 5.82. The monoisotopic (exact) mass is 292 g/mol. The summed E-state index contributed by atoms with van der Waals surface area (Å²) >= 11 is 0. The van der Waals surface area contributed by atoms with Crippen molar-refractivity contribution in [2.24, 2.45) is 7.05 Å². The van der Waals surface area contributed by atoms with E-state index in [1.165, 1.54) is 44.6 Å². The van der Waals surface area contributed by atoms with E-state index >= 15 is 0 Å². The first-order valence-corrected chi connectivity index (χ1v) is 8.50. The summed E-state index contributed by atoms with van der Waals surface area (Å²) in [6, 6.07) is 0.511. The summed E-state index contributed by atoms with van der Waals surface area (Å²) in [5, 5.41) is 3.59. The number of imidazole rings is 1. The zero-order chi connectivity index (χ0) is 15.3. The number of likely N-dealkylation sites (N-methyl/N-ethyl adjacent to an activating group) is 1. The van der Waals surface area contributed by atoms with Crippen LogP contribution < -0.4 is 5.32 Å². The standard InChI is InChI=1S/C17H32N4/c1-5-17(2,21-12-7-6-8-13-21)15(18-3)9-10-16-19-11-14-20(16)4/h11,14-15,18H,5-10,12-13H2,1-4H3. The Morgan fingerprint density at radius 2 is 2.05 bits per heavy atom. The Labute approximate surface area is 129 Å². The minimum atomic E-state index is 0.250. The van der Waals surface area contributed by atoms with Crippen molar-refractivity contribution in [2.75, 3.05) is 20.1 Å². The summed E-state index contributed by atoms with van der Waals surface area (Å²) in [5.74, 6) is 1.19. The number of rotatable bonds is 7. The van der Waals surface area contributed by atoms with Crippen molar-refractivity contribution in [1.29, 1.82) is 0 Å². The van der Waals surface area contributed by atoms with Crippen LogP contribution >= 0.6 is 0 Å². The van der Waals surface area contributed by atoms with E-state index in [1.807, 2.05) is 12.4 Å². The molecule has 1 aliphatic rings. The van der Waals surface area contributed by atoms with Crippen molar-refractivity contribution in [2.45, 2.75) is 64.0 Å². The number of aromatic nitrogens is 2. The minimum Gasteiger partial charge on any atom is -0.338 e. The molecular formula is C17H32N4. The molecule has 4 heteroatoms. The summed E-state index contributed by atoms with van der Waals surface area (Å²) in [6.45, 7) is 7.29. The minimum absolute atomic E-state index is 0.250. The first-order valence-electron chi connectivity index (χ1n) is 8.50. The van der Waals surface area contributed by atoms with Crippen LogP contribution in [0.15, 0.2) is 12.4 Å². The number of nitrogens with zero attached hydrogens (tertiary/aromatic N) is 3. The maximum absolute atomic E-state index is 4.46. The summed E-state index contributed by atoms with van der Waals surface area (Å²) in [7, 11) is 4.20. The molecule has 0 bridgehead atoms. The van der Waals surface area contributed by atoms with Gasteiger partial charge in [0.2, 0.25) is 0 Å². The van der Waals surface area contributed by atoms with Crippen molar-refractivity contribution < 1.29 is 0 Å². The third-order valence-corrected chi connectivity index (χ3v) is 5.47. The summed E-state index contributed by atoms with van der Waals surface area (Å²) < 4.78 is 2.14. The number of likely N-dealkylation sites (tertiary alicyclic amines) is 1. The van der Waals surface area contributed by atoms with Gasteiger partial charge in [0.05, 0.1) is 0 Å². The molecule has 0 aromatic carbocycles. The zero-order valence-corrected chi connectivity index (χ0v) is 14.2. The SMILES string of the molecule is CCC(C)(C(CCc1nccn1C)NC)N1CCCCC1. The lowest BCUT2D eigenvalue weighted by Gasteiger charge is -2.48. The second-order valence-electron chi connectivity index (χ2n) is 6.59. The molecule has 0 aliphatic carbocycles. The van der Waals surface area contributed by atoms with E-state index < -0.39 is 0 Å². The van der Waals surface area contributed by atoms with Crippen LogP contribution in [0.1, 0.15) is 51.8 Å². The van der Waals surface area contributed by atoms with Crippen molar-refractivity contribution in [3.63, 3.8) is 0 Å². The Hall–Kier alpha value is -0.870. The second kappa shape index (κ2) is 7.41. The fraction of sp³-hybridized carbons (Fsp3) is 0.824. The van der Waals surface area contributed by atoms with Gasteiger partial charge in [-0.1, -0.05) is 13.3 Å². The number of piperidine rings is 1. The van der Waals surface area contributed by atoms with Crippen molar-refractivity contribution in [3.8, 4) is 0 Å². The number of hydrogen-bond donors (Lipinski definition) is 1. The fourth-order valence-electron chi connectivity index (χ4n) is 3.77. The molecule has 120 valence electrons. The maximum Gasteiger partial charge on any atom is 0.108 e. The summed E-state index contributed by atoms with van der Waals surface area (Å²) in [5.41, 5.74) is 0.250. The van der Waals surface area contributed by atoms with Crippen LogP contribution in [-0.2, 0) is 13.5 Å². The van der Waals surface area contributed by atoms with Gasteiger partial charge in [0.15, 0.2) is 0 Å². The van der Waals surface area contributed by atoms with E-state index in [0.717, 1.165) is 12.8 Å². The lowest BCUT2D eigenvalue weighted by molar-refractivity contribution is 0.0425. The number of nitrogens with one attached hydrogen (secondary N) is 1. The largest absolute Gasteiger partial charge is 0.338 e. The molecule has 1 N–H and O–H groups in total. The highest BCUT2D eigenvalue weighted by Crippen LogP contribution is 2.29. The third kappa shape index (κ3) is 3.67. The maximum atomic E-state index is 4.46. The van der Waals surface area contributed by atoms with E-state index in [1.54, 1.807) is 0 Å². The van der Waals surface area contributed by atoms with Gasteiger partial charge >= 0.3 is 0 Å². The average molecular weight is 292 g/mol. The molecule has 1 aliphatic heterocycles. The molecule has 4 nitrogen and oxygen atoms in total. The molecule has 0 spiro atoms. The van der Waals surface area contributed by atoms with Crippen LogP contribution in [0.25, 0.3) is 0 Å². The van der Waals surface area contributed by atoms with Crippen molar-refractivity contribution in [1.82, 2.24) is 19.8 Å². The van der Waals surface area contributed by atoms with Gasteiger partial charge < -0.3 is 9.88 Å². The summed E-state index contributed by atoms with van der Waals surface area (Å²) in [6.07, 6.45) is 11.4. The molecule has 2 rings (SSSR count). The molecule has 2 unspecified atom stereocenters. The predicted molar refractivity (Wildman–Crippen MR) is 88.5 cm³/mol. The van der Waals surface area contributed by atoms with Crippen LogP contribution in [0.3, 0.4) is 0 Å². The molecule has 1 saturated heterocycles. The van der Waals surface area contributed by atoms with Crippen LogP contribution in [0.2, 0.25) is 0 Å². The molecular weight excluding hydrogens is 260 g/mol. The van der Waals surface area contributed by atoms with Gasteiger partial charge in [-0.05, 0) is 52.7 Å². The lowest BCUT2D eigenvalue weighted by atomic mass is 9.83. The van der Waals surface area contributed by atoms with Crippen molar-refractivity contribution in [3.05, 3.63) is 18.2 Å². The highest BCUT2D eigenvalue weighted by molar-refractivity contribution is 4.99. The van der Waals surface area contributed by atoms with Gasteiger partial charge in [0, 0.05) is 37.4 Å². The van der Waals surface area contributed by atoms with Crippen LogP contribution in [0, 0.1) is 0 Å². The predicted octanol–water partition coefficient (Wildman–Crippen LogP) is 2.60. The van der Waals surface area contributed by atoms with E-state index in [0.29, 0.717) is 6.04 Å². The molecule has 2 heterocycles. The first kappa shape index (κ1) is 16.5. The second-order valence-corrected chi connectivity index (χ2v) is 6.59. The molecule has 1 fully saturated rings. The molecule has 1 aromatic heterocycles. The molecule has 0 radical (unpaired) electrons. The van der Waals surface area contributed by atoms with Gasteiger partial charge in [-0.3, -0.25) is 4.90 Å². The lowest BCUT2D eigenvalue weighted by Crippen LogP contribution is -2.60. The molecule has 2 atom stereocenters. The van der Waals surface area contributed by atoms with E-state index in [-0.39, 0.29) is 5.54 Å². The zero-order valence-electron chi connectivity index (χ0n) is 14.2. The van der Waals surface area contributed by atoms with Crippen LogP contribution in [0.4, 0.5) is 0 Å². The van der Waals surface area contributed by atoms with Crippen LogP contribution in [-0.4, -0.2) is 46.2 Å². The Morgan fingerprint density at radius 3 is 2.57 bits per heavy atom. The van der Waals surface area contributed by atoms with Crippen molar-refractivity contribution >= 4 is 0 Å². The third-order valence-electron chi connectivity index (χ3n) is 5.47. The number of aryl methyl sites for hydroxylation is 2. The number of hydrogen-bond acceptors (Lipinski definition) is 3. The Bertz CT molecular complexity index is 422. The van der Waals surface area contributed by atoms with Gasteiger partial charge in [0.25, 0.3) is 0 Å². The van der Waals surface area contributed by atoms with Gasteiger partial charge in [-0.15, -0.1) is 0 Å². The van der Waals surface area contributed by atoms with E-state index in [9.17, 15) is 0 Å². The molecule has 0 amide bonds. The average Bonchev–Trinajstić information content (AvgIpc) is 2.93. The van der Waals surface area contributed by atoms with E-state index in [2.05, 4.69) is 47.7 Å². The van der Waals surface area contributed by atoms with Gasteiger partial charge in [-0.25, -0.2) is 4.98 Å². The highest BCUT2D eigenvalue weighted by Gasteiger charge is 2.37. The normalized spacial score (nSPS) is 21.1. The smallest absolute Gasteiger partial charge is 0.108 e. The first-order chi connectivity index (χ1) is 10.1. The Balaban J connectivity index is 2.03. The highest BCUT2D eigenvalue weighted by atomic mass is 15.2. The van der Waals surface area contributed by atoms with Crippen LogP contribution in [0.5, 0.6) is 0 Å². The van der Waals surface area contributed by atoms with E-state index in [4.69, 9.17) is 0 Å². The molecule has 0 saturated carbocycles. The quantitative estimate of drug-likeness (QED) is 0.838. The topological polar surface area (TPSA) is 33.1 Å². The van der Waals surface area contributed by atoms with Gasteiger partial charge in [-0.2, -0.15) is 0 Å². The Morgan fingerprint density at radius 1 is 1.33 bits per heavy atom. The molecule has 21 heavy (non-hydrogen) atoms. The van der Waals surface area contributed by atoms with Gasteiger partial charge in [0.1, 0.15) is 5.82 Å². The molecule has 1 aromatic rings. The fourth-order valence-corrected chi connectivity index (χ4v) is 3.77.